The third-order valence-corrected chi connectivity index (χ3v) is 3.83. The lowest BCUT2D eigenvalue weighted by Crippen LogP contribution is -2.19. The van der Waals surface area contributed by atoms with Gasteiger partial charge < -0.3 is 7.45 Å². The molecule has 0 unspecified atom stereocenters. The van der Waals surface area contributed by atoms with Gasteiger partial charge in [0.15, 0.2) is 0 Å². The molecule has 3 aromatic rings. The van der Waals surface area contributed by atoms with Crippen molar-refractivity contribution in [3.63, 3.8) is 0 Å². The smallest absolute Gasteiger partial charge is 0.599 e. The van der Waals surface area contributed by atoms with Crippen molar-refractivity contribution in [1.82, 2.24) is 18.7 Å². The molecule has 0 aliphatic carbocycles. The van der Waals surface area contributed by atoms with E-state index in [0.717, 1.165) is 17.1 Å². The molecule has 0 saturated carbocycles. The molecule has 0 aliphatic rings. The molecule has 107 valence electrons. The number of carbonyl (C=O) groups is 1. The van der Waals surface area contributed by atoms with Gasteiger partial charge in [0.2, 0.25) is 0 Å². The Bertz CT molecular complexity index is 775. The zero-order valence-corrected chi connectivity index (χ0v) is 13.0. The first-order chi connectivity index (χ1) is 10.7. The molecule has 0 amide bonds. The predicted molar refractivity (Wildman–Crippen MR) is 81.0 cm³/mol. The van der Waals surface area contributed by atoms with Crippen molar-refractivity contribution in [2.75, 3.05) is 0 Å². The maximum absolute atomic E-state index is 12.0. The minimum Gasteiger partial charge on any atom is -0.599 e. The lowest BCUT2D eigenvalue weighted by molar-refractivity contribution is 0.0731. The molecule has 0 saturated heterocycles. The summed E-state index contributed by atoms with van der Waals surface area (Å²) in [6, 6.07) is 12.7. The zero-order chi connectivity index (χ0) is 15.4. The van der Waals surface area contributed by atoms with Gasteiger partial charge in [0.1, 0.15) is 5.69 Å². The van der Waals surface area contributed by atoms with Crippen LogP contribution in [-0.4, -0.2) is 40.5 Å². The largest absolute Gasteiger partial charge is 0.740 e. The second-order valence-corrected chi connectivity index (χ2v) is 5.49. The third kappa shape index (κ3) is 3.22. The van der Waals surface area contributed by atoms with Crippen LogP contribution >= 0.6 is 0 Å². The quantitative estimate of drug-likeness (QED) is 0.688. The number of carbonyl (C=O) groups excluding carboxylic acids is 1. The SMILES string of the molecule is Cc1cc(-c2ccccn2)[n]([Al][O]C(=O)c2ccccn2)n1. The summed E-state index contributed by atoms with van der Waals surface area (Å²) in [4.78, 5) is 20.2. The van der Waals surface area contributed by atoms with E-state index in [-0.39, 0.29) is 0 Å². The molecule has 0 atom stereocenters. The molecule has 0 N–H and O–H groups in total. The molecule has 0 fully saturated rings. The fraction of sp³-hybridized carbons (Fsp3) is 0.0667. The lowest BCUT2D eigenvalue weighted by Gasteiger charge is -2.07. The van der Waals surface area contributed by atoms with E-state index in [4.69, 9.17) is 3.79 Å². The van der Waals surface area contributed by atoms with E-state index in [2.05, 4.69) is 15.1 Å². The van der Waals surface area contributed by atoms with Crippen LogP contribution in [0.15, 0.2) is 54.9 Å². The zero-order valence-electron chi connectivity index (χ0n) is 11.9. The van der Waals surface area contributed by atoms with Crippen LogP contribution in [0.1, 0.15) is 16.2 Å². The highest BCUT2D eigenvalue weighted by Gasteiger charge is 2.17. The summed E-state index contributed by atoms with van der Waals surface area (Å²) in [6.45, 7) is 1.89. The number of aromatic nitrogens is 4. The number of rotatable bonds is 4. The van der Waals surface area contributed by atoms with E-state index >= 15 is 0 Å². The van der Waals surface area contributed by atoms with Crippen molar-refractivity contribution in [3.8, 4) is 11.4 Å². The van der Waals surface area contributed by atoms with Crippen LogP contribution in [0.5, 0.6) is 0 Å². The molecular formula is C15H12AlN4O2. The van der Waals surface area contributed by atoms with Gasteiger partial charge in [-0.15, -0.1) is 0 Å². The van der Waals surface area contributed by atoms with Crippen LogP contribution in [0.3, 0.4) is 0 Å². The molecule has 0 bridgehead atoms. The lowest BCUT2D eigenvalue weighted by atomic mass is 10.2. The van der Waals surface area contributed by atoms with E-state index in [1.165, 1.54) is 0 Å². The normalized spacial score (nSPS) is 10.2. The van der Waals surface area contributed by atoms with Gasteiger partial charge in [0.05, 0.1) is 17.1 Å². The first-order valence-electron chi connectivity index (χ1n) is 6.67. The molecule has 3 heterocycles. The number of aryl methyl sites for hydroxylation is 1. The van der Waals surface area contributed by atoms with Crippen molar-refractivity contribution < 1.29 is 8.58 Å². The van der Waals surface area contributed by atoms with Crippen LogP contribution in [0.4, 0.5) is 0 Å². The van der Waals surface area contributed by atoms with Crippen LogP contribution in [-0.2, 0) is 3.79 Å². The topological polar surface area (TPSA) is 69.9 Å². The number of nitrogens with zero attached hydrogens (tertiary/aromatic N) is 4. The van der Waals surface area contributed by atoms with E-state index in [9.17, 15) is 4.79 Å². The van der Waals surface area contributed by atoms with Crippen molar-refractivity contribution in [2.24, 2.45) is 0 Å². The fourth-order valence-corrected chi connectivity index (χ4v) is 2.81. The van der Waals surface area contributed by atoms with E-state index in [1.807, 2.05) is 31.2 Å². The Kier molecular flexibility index (Phi) is 4.28. The van der Waals surface area contributed by atoms with Gasteiger partial charge in [-0.25, -0.2) is 14.9 Å². The summed E-state index contributed by atoms with van der Waals surface area (Å²) in [5.74, 6) is -0.448. The Morgan fingerprint density at radius 1 is 1.14 bits per heavy atom. The summed E-state index contributed by atoms with van der Waals surface area (Å²) >= 11 is -0.824. The fourth-order valence-electron chi connectivity index (χ4n) is 1.94. The Hall–Kier alpha value is -2.49. The molecule has 0 spiro atoms. The van der Waals surface area contributed by atoms with Crippen LogP contribution < -0.4 is 0 Å². The third-order valence-electron chi connectivity index (χ3n) is 2.92. The highest BCUT2D eigenvalue weighted by Crippen LogP contribution is 2.16. The van der Waals surface area contributed by atoms with Gasteiger partial charge in [0, 0.05) is 12.4 Å². The summed E-state index contributed by atoms with van der Waals surface area (Å²) in [5.41, 5.74) is 2.77. The highest BCUT2D eigenvalue weighted by molar-refractivity contribution is 6.30. The summed E-state index contributed by atoms with van der Waals surface area (Å²) in [7, 11) is 0. The first-order valence-corrected chi connectivity index (χ1v) is 7.66. The monoisotopic (exact) mass is 307 g/mol. The van der Waals surface area contributed by atoms with Gasteiger partial charge in [-0.05, 0) is 37.3 Å². The molecule has 3 aromatic heterocycles. The molecule has 6 nitrogen and oxygen atoms in total. The maximum atomic E-state index is 12.0. The Morgan fingerprint density at radius 3 is 2.59 bits per heavy atom. The molecular weight excluding hydrogens is 295 g/mol. The minimum atomic E-state index is -0.824. The second-order valence-electron chi connectivity index (χ2n) is 4.56. The number of hydrogen-bond donors (Lipinski definition) is 0. The standard InChI is InChI=1S/C9H8N3.C6H5NO2.Al/c1-7-6-9(12-11-7)8-4-2-3-5-10-8;8-6(9)5-3-1-2-4-7-5;/h2-6H,1H3;1-4H,(H,8,9);/q-1;;+2/p-1. The van der Waals surface area contributed by atoms with Gasteiger partial charge >= 0.3 is 21.7 Å². The summed E-state index contributed by atoms with van der Waals surface area (Å²) in [5, 5.41) is 4.37. The van der Waals surface area contributed by atoms with Crippen LogP contribution in [0, 0.1) is 6.92 Å². The average Bonchev–Trinajstić information content (AvgIpc) is 2.95. The van der Waals surface area contributed by atoms with Crippen LogP contribution in [0.25, 0.3) is 11.4 Å². The predicted octanol–water partition coefficient (Wildman–Crippen LogP) is 1.89. The molecule has 1 radical (unpaired) electrons. The van der Waals surface area contributed by atoms with Crippen molar-refractivity contribution >= 4 is 21.7 Å². The van der Waals surface area contributed by atoms with Gasteiger partial charge in [-0.3, -0.25) is 4.98 Å². The molecule has 7 heteroatoms. The number of hydrogen-bond acceptors (Lipinski definition) is 5. The van der Waals surface area contributed by atoms with Gasteiger partial charge in [-0.2, -0.15) is 0 Å². The Labute approximate surface area is 134 Å². The van der Waals surface area contributed by atoms with Crippen LogP contribution in [0.2, 0.25) is 0 Å². The van der Waals surface area contributed by atoms with E-state index < -0.39 is 21.7 Å². The minimum absolute atomic E-state index is 0.290. The molecule has 0 aliphatic heterocycles. The van der Waals surface area contributed by atoms with Crippen molar-refractivity contribution in [1.29, 1.82) is 0 Å². The summed E-state index contributed by atoms with van der Waals surface area (Å²) in [6.07, 6.45) is 3.28. The maximum Gasteiger partial charge on any atom is 0.740 e. The average molecular weight is 307 g/mol. The Balaban J connectivity index is 1.78. The van der Waals surface area contributed by atoms with E-state index in [1.54, 1.807) is 34.3 Å². The van der Waals surface area contributed by atoms with Crippen molar-refractivity contribution in [2.45, 2.75) is 6.92 Å². The molecule has 22 heavy (non-hydrogen) atoms. The van der Waals surface area contributed by atoms with E-state index in [0.29, 0.717) is 5.69 Å². The van der Waals surface area contributed by atoms with Crippen molar-refractivity contribution in [3.05, 3.63) is 66.2 Å². The first kappa shape index (κ1) is 14.4. The Morgan fingerprint density at radius 2 is 1.91 bits per heavy atom. The molecule has 0 aromatic carbocycles. The number of pyridine rings is 2. The van der Waals surface area contributed by atoms with Gasteiger partial charge in [-0.1, -0.05) is 12.1 Å². The second kappa shape index (κ2) is 6.52. The summed E-state index contributed by atoms with van der Waals surface area (Å²) < 4.78 is 7.04. The molecule has 3 rings (SSSR count). The van der Waals surface area contributed by atoms with Gasteiger partial charge in [0.25, 0.3) is 0 Å². The highest BCUT2D eigenvalue weighted by atomic mass is 27.1.